The summed E-state index contributed by atoms with van der Waals surface area (Å²) in [6.45, 7) is 1.80. The number of nitrogen functional groups attached to an aromatic ring is 1. The van der Waals surface area contributed by atoms with Gasteiger partial charge in [0.2, 0.25) is 0 Å². The molecule has 0 aliphatic rings. The van der Waals surface area contributed by atoms with E-state index in [1.165, 1.54) is 6.20 Å². The molecular weight excluding hydrogens is 138 g/mol. The van der Waals surface area contributed by atoms with Crippen molar-refractivity contribution in [3.05, 3.63) is 16.8 Å². The molecule has 0 spiro atoms. The molecule has 2 N–H and O–H groups in total. The van der Waals surface area contributed by atoms with E-state index in [1.54, 1.807) is 6.92 Å². The van der Waals surface area contributed by atoms with E-state index < -0.39 is 0 Å². The molecule has 3 nitrogen and oxygen atoms in total. The van der Waals surface area contributed by atoms with Crippen molar-refractivity contribution in [2.75, 3.05) is 5.73 Å². The number of halogens is 1. The van der Waals surface area contributed by atoms with Crippen molar-refractivity contribution < 1.29 is 0 Å². The van der Waals surface area contributed by atoms with Gasteiger partial charge in [-0.05, 0) is 6.92 Å². The minimum atomic E-state index is 0.391. The van der Waals surface area contributed by atoms with Crippen molar-refractivity contribution in [2.24, 2.45) is 0 Å². The van der Waals surface area contributed by atoms with Gasteiger partial charge < -0.3 is 5.73 Å². The standard InChI is InChI=1S/C5H6ClN3/c1-3-4(6)2-8-9-5(3)7/h2H,1H3,(H2,7,9). The molecule has 0 saturated carbocycles. The molecule has 1 aromatic rings. The molecule has 9 heavy (non-hydrogen) atoms. The van der Waals surface area contributed by atoms with Gasteiger partial charge >= 0.3 is 0 Å². The highest BCUT2D eigenvalue weighted by Crippen LogP contribution is 2.15. The Kier molecular flexibility index (Phi) is 1.53. The van der Waals surface area contributed by atoms with Crippen LogP contribution in [0.5, 0.6) is 0 Å². The summed E-state index contributed by atoms with van der Waals surface area (Å²) in [5.41, 5.74) is 6.15. The highest BCUT2D eigenvalue weighted by Gasteiger charge is 1.97. The highest BCUT2D eigenvalue weighted by molar-refractivity contribution is 6.31. The number of nitrogens with two attached hydrogens (primary N) is 1. The van der Waals surface area contributed by atoms with Gasteiger partial charge in [0, 0.05) is 5.56 Å². The van der Waals surface area contributed by atoms with Crippen LogP contribution in [0.25, 0.3) is 0 Å². The first-order chi connectivity index (χ1) is 4.22. The molecule has 0 fully saturated rings. The van der Waals surface area contributed by atoms with Crippen molar-refractivity contribution in [3.63, 3.8) is 0 Å². The predicted octanol–water partition coefficient (Wildman–Crippen LogP) is 1.02. The molecule has 1 heterocycles. The summed E-state index contributed by atoms with van der Waals surface area (Å²) in [5, 5.41) is 7.68. The zero-order valence-corrected chi connectivity index (χ0v) is 5.68. The minimum Gasteiger partial charge on any atom is -0.382 e. The van der Waals surface area contributed by atoms with Gasteiger partial charge in [-0.1, -0.05) is 11.6 Å². The molecule has 0 saturated heterocycles. The van der Waals surface area contributed by atoms with Crippen molar-refractivity contribution >= 4 is 17.4 Å². The topological polar surface area (TPSA) is 51.8 Å². The number of aromatic nitrogens is 2. The summed E-state index contributed by atoms with van der Waals surface area (Å²) in [5.74, 6) is 0.391. The Balaban J connectivity index is 3.25. The largest absolute Gasteiger partial charge is 0.382 e. The lowest BCUT2D eigenvalue weighted by Gasteiger charge is -1.96. The van der Waals surface area contributed by atoms with Crippen molar-refractivity contribution in [3.8, 4) is 0 Å². The number of nitrogens with zero attached hydrogens (tertiary/aromatic N) is 2. The van der Waals surface area contributed by atoms with Crippen molar-refractivity contribution in [1.29, 1.82) is 0 Å². The molecule has 1 aromatic heterocycles. The molecule has 0 aromatic carbocycles. The van der Waals surface area contributed by atoms with Gasteiger partial charge in [0.15, 0.2) is 0 Å². The third-order valence-electron chi connectivity index (χ3n) is 1.08. The quantitative estimate of drug-likeness (QED) is 0.590. The molecule has 0 aliphatic carbocycles. The van der Waals surface area contributed by atoms with Crippen LogP contribution in [0.15, 0.2) is 6.20 Å². The van der Waals surface area contributed by atoms with Crippen LogP contribution in [0.2, 0.25) is 5.02 Å². The Morgan fingerprint density at radius 1 is 1.67 bits per heavy atom. The van der Waals surface area contributed by atoms with Crippen LogP contribution in [0, 0.1) is 6.92 Å². The number of rotatable bonds is 0. The number of hydrogen-bond acceptors (Lipinski definition) is 3. The zero-order valence-electron chi connectivity index (χ0n) is 4.93. The maximum Gasteiger partial charge on any atom is 0.150 e. The summed E-state index contributed by atoms with van der Waals surface area (Å²) in [6.07, 6.45) is 1.47. The monoisotopic (exact) mass is 143 g/mol. The van der Waals surface area contributed by atoms with Crippen LogP contribution < -0.4 is 5.73 Å². The minimum absolute atomic E-state index is 0.391. The van der Waals surface area contributed by atoms with E-state index >= 15 is 0 Å². The molecule has 48 valence electrons. The third kappa shape index (κ3) is 1.10. The van der Waals surface area contributed by atoms with Crippen LogP contribution in [0.1, 0.15) is 5.56 Å². The Morgan fingerprint density at radius 3 is 2.78 bits per heavy atom. The second-order valence-electron chi connectivity index (χ2n) is 1.70. The predicted molar refractivity (Wildman–Crippen MR) is 36.2 cm³/mol. The molecule has 0 aliphatic heterocycles. The van der Waals surface area contributed by atoms with Crippen LogP contribution in [-0.2, 0) is 0 Å². The first kappa shape index (κ1) is 6.29. The molecule has 0 atom stereocenters. The fraction of sp³-hybridized carbons (Fsp3) is 0.200. The highest BCUT2D eigenvalue weighted by atomic mass is 35.5. The lowest BCUT2D eigenvalue weighted by atomic mass is 10.3. The van der Waals surface area contributed by atoms with Gasteiger partial charge in [0.05, 0.1) is 11.2 Å². The third-order valence-corrected chi connectivity index (χ3v) is 1.46. The molecule has 4 heteroatoms. The molecule has 0 amide bonds. The van der Waals surface area contributed by atoms with Crippen molar-refractivity contribution in [1.82, 2.24) is 10.2 Å². The molecule has 0 bridgehead atoms. The molecule has 1 rings (SSSR count). The number of anilines is 1. The van der Waals surface area contributed by atoms with E-state index in [0.717, 1.165) is 5.56 Å². The fourth-order valence-electron chi connectivity index (χ4n) is 0.436. The van der Waals surface area contributed by atoms with Gasteiger partial charge in [-0.15, -0.1) is 5.10 Å². The average molecular weight is 144 g/mol. The maximum atomic E-state index is 5.63. The Hall–Kier alpha value is -0.830. The molecule has 0 unspecified atom stereocenters. The fourth-order valence-corrected chi connectivity index (χ4v) is 0.576. The number of hydrogen-bond donors (Lipinski definition) is 1. The van der Waals surface area contributed by atoms with Gasteiger partial charge in [0.1, 0.15) is 5.82 Å². The lowest BCUT2D eigenvalue weighted by molar-refractivity contribution is 1.03. The van der Waals surface area contributed by atoms with E-state index in [-0.39, 0.29) is 0 Å². The normalized spacial score (nSPS) is 9.56. The van der Waals surface area contributed by atoms with Crippen LogP contribution in [-0.4, -0.2) is 10.2 Å². The van der Waals surface area contributed by atoms with Gasteiger partial charge in [0.25, 0.3) is 0 Å². The van der Waals surface area contributed by atoms with E-state index in [0.29, 0.717) is 10.8 Å². The summed E-state index contributed by atoms with van der Waals surface area (Å²) in [6, 6.07) is 0. The second kappa shape index (κ2) is 2.19. The second-order valence-corrected chi connectivity index (χ2v) is 2.11. The van der Waals surface area contributed by atoms with Gasteiger partial charge in [-0.25, -0.2) is 0 Å². The smallest absolute Gasteiger partial charge is 0.150 e. The first-order valence-electron chi connectivity index (χ1n) is 2.45. The summed E-state index contributed by atoms with van der Waals surface area (Å²) >= 11 is 5.63. The summed E-state index contributed by atoms with van der Waals surface area (Å²) in [4.78, 5) is 0. The summed E-state index contributed by atoms with van der Waals surface area (Å²) in [7, 11) is 0. The molecule has 0 radical (unpaired) electrons. The molecular formula is C5H6ClN3. The van der Waals surface area contributed by atoms with E-state index in [2.05, 4.69) is 10.2 Å². The zero-order chi connectivity index (χ0) is 6.85. The summed E-state index contributed by atoms with van der Waals surface area (Å²) < 4.78 is 0. The van der Waals surface area contributed by atoms with Crippen LogP contribution in [0.4, 0.5) is 5.82 Å². The Morgan fingerprint density at radius 2 is 2.33 bits per heavy atom. The Bertz CT molecular complexity index is 203. The SMILES string of the molecule is Cc1c(Cl)cnnc1N. The van der Waals surface area contributed by atoms with Gasteiger partial charge in [-0.2, -0.15) is 5.10 Å². The maximum absolute atomic E-state index is 5.63. The van der Waals surface area contributed by atoms with E-state index in [9.17, 15) is 0 Å². The van der Waals surface area contributed by atoms with Gasteiger partial charge in [-0.3, -0.25) is 0 Å². The van der Waals surface area contributed by atoms with Crippen LogP contribution >= 0.6 is 11.6 Å². The van der Waals surface area contributed by atoms with E-state index in [4.69, 9.17) is 17.3 Å². The average Bonchev–Trinajstić information content (AvgIpc) is 1.83. The van der Waals surface area contributed by atoms with E-state index in [1.807, 2.05) is 0 Å². The lowest BCUT2D eigenvalue weighted by Crippen LogP contribution is -1.95. The Labute approximate surface area is 57.8 Å². The van der Waals surface area contributed by atoms with Crippen LogP contribution in [0.3, 0.4) is 0 Å². The van der Waals surface area contributed by atoms with Crippen molar-refractivity contribution in [2.45, 2.75) is 6.92 Å². The first-order valence-corrected chi connectivity index (χ1v) is 2.83.